The molecule has 0 amide bonds. The number of terminal acetylenes is 1. The number of esters is 2. The molecule has 9 heteroatoms. The highest BCUT2D eigenvalue weighted by molar-refractivity contribution is 7.46. The maximum Gasteiger partial charge on any atom is 0.469 e. The van der Waals surface area contributed by atoms with Crippen LogP contribution in [0.25, 0.3) is 0 Å². The van der Waals surface area contributed by atoms with E-state index < -0.39 is 39.1 Å². The van der Waals surface area contributed by atoms with Crippen molar-refractivity contribution in [2.24, 2.45) is 0 Å². The molecule has 0 heterocycles. The van der Waals surface area contributed by atoms with Crippen molar-refractivity contribution in [3.8, 4) is 83.4 Å². The Balaban J connectivity index is 4.67. The van der Waals surface area contributed by atoms with E-state index in [1.807, 2.05) is 0 Å². The van der Waals surface area contributed by atoms with Crippen LogP contribution >= 0.6 is 7.82 Å². The van der Waals surface area contributed by atoms with E-state index in [0.29, 0.717) is 6.42 Å². The molecule has 2 N–H and O–H groups in total. The maximum atomic E-state index is 12.0. The van der Waals surface area contributed by atoms with Gasteiger partial charge in [-0.2, -0.15) is 0 Å². The van der Waals surface area contributed by atoms with Crippen molar-refractivity contribution >= 4 is 19.8 Å². The highest BCUT2D eigenvalue weighted by Gasteiger charge is 2.22. The van der Waals surface area contributed by atoms with Gasteiger partial charge < -0.3 is 19.3 Å². The van der Waals surface area contributed by atoms with Crippen LogP contribution in [0.15, 0.2) is 0 Å². The molecule has 1 atom stereocenters. The Hall–Kier alpha value is -4.03. The molecule has 0 rings (SSSR count). The highest BCUT2D eigenvalue weighted by atomic mass is 31.2. The van der Waals surface area contributed by atoms with E-state index in [4.69, 9.17) is 25.7 Å². The molecule has 0 aliphatic rings. The summed E-state index contributed by atoms with van der Waals surface area (Å²) < 4.78 is 25.3. The summed E-state index contributed by atoms with van der Waals surface area (Å²) in [5.41, 5.74) is 0. The number of unbranched alkanes of at least 4 members (excludes halogenated alkanes) is 5. The maximum absolute atomic E-state index is 12.0. The van der Waals surface area contributed by atoms with Gasteiger partial charge in [0.1, 0.15) is 6.61 Å². The molecule has 0 saturated carbocycles. The first-order chi connectivity index (χ1) is 17.3. The lowest BCUT2D eigenvalue weighted by Crippen LogP contribution is -2.29. The number of carbonyl (C=O) groups is 2. The fourth-order valence-corrected chi connectivity index (χ4v) is 2.56. The zero-order valence-corrected chi connectivity index (χ0v) is 20.7. The van der Waals surface area contributed by atoms with Crippen molar-refractivity contribution in [2.75, 3.05) is 13.2 Å². The van der Waals surface area contributed by atoms with Gasteiger partial charge in [0.15, 0.2) is 6.10 Å². The first kappa shape index (κ1) is 32.0. The molecule has 0 unspecified atom stereocenters. The second kappa shape index (κ2) is 21.5. The van der Waals surface area contributed by atoms with Gasteiger partial charge in [0.05, 0.1) is 6.61 Å². The minimum atomic E-state index is -4.81. The summed E-state index contributed by atoms with van der Waals surface area (Å²) in [5.74, 6) is 28.5. The number of phosphoric acid groups is 1. The van der Waals surface area contributed by atoms with E-state index in [1.165, 1.54) is 0 Å². The Bertz CT molecular complexity index is 1200. The predicted molar refractivity (Wildman–Crippen MR) is 132 cm³/mol. The van der Waals surface area contributed by atoms with Crippen LogP contribution in [0.2, 0.25) is 0 Å². The van der Waals surface area contributed by atoms with Crippen molar-refractivity contribution in [1.82, 2.24) is 0 Å². The minimum absolute atomic E-state index is 0.125. The minimum Gasteiger partial charge on any atom is -0.456 e. The Morgan fingerprint density at radius 3 is 1.89 bits per heavy atom. The number of rotatable bonds is 13. The van der Waals surface area contributed by atoms with Crippen LogP contribution in [-0.2, 0) is 28.2 Å². The predicted octanol–water partition coefficient (Wildman–Crippen LogP) is 1.95. The Morgan fingerprint density at radius 2 is 1.33 bits per heavy atom. The summed E-state index contributed by atoms with van der Waals surface area (Å²) in [6.45, 7) is 0.936. The third kappa shape index (κ3) is 23.1. The SMILES string of the molecule is C#CC#CC#CC#CC#CC#CC#CC(=O)OC[C@@H](COP(=O)(O)O)OC(=O)CCCCCCCC. The van der Waals surface area contributed by atoms with Gasteiger partial charge in [-0.05, 0) is 77.5 Å². The number of hydrogen-bond donors (Lipinski definition) is 2. The lowest BCUT2D eigenvalue weighted by molar-refractivity contribution is -0.158. The molecule has 0 radical (unpaired) electrons. The van der Waals surface area contributed by atoms with Crippen LogP contribution < -0.4 is 0 Å². The summed E-state index contributed by atoms with van der Waals surface area (Å²) in [7, 11) is -4.81. The molecule has 0 aliphatic heterocycles. The Morgan fingerprint density at radius 1 is 0.806 bits per heavy atom. The van der Waals surface area contributed by atoms with E-state index in [2.05, 4.69) is 88.4 Å². The van der Waals surface area contributed by atoms with Gasteiger partial charge in [-0.3, -0.25) is 9.32 Å². The summed E-state index contributed by atoms with van der Waals surface area (Å²) in [6, 6.07) is 0. The largest absolute Gasteiger partial charge is 0.469 e. The highest BCUT2D eigenvalue weighted by Crippen LogP contribution is 2.35. The van der Waals surface area contributed by atoms with Crippen molar-refractivity contribution in [1.29, 1.82) is 0 Å². The van der Waals surface area contributed by atoms with E-state index in [0.717, 1.165) is 32.1 Å². The van der Waals surface area contributed by atoms with E-state index in [9.17, 15) is 14.2 Å². The van der Waals surface area contributed by atoms with Gasteiger partial charge in [-0.15, -0.1) is 6.42 Å². The van der Waals surface area contributed by atoms with Crippen molar-refractivity contribution in [2.45, 2.75) is 58.0 Å². The smallest absolute Gasteiger partial charge is 0.456 e. The van der Waals surface area contributed by atoms with Gasteiger partial charge in [0.2, 0.25) is 0 Å². The molecule has 0 fully saturated rings. The van der Waals surface area contributed by atoms with Crippen LogP contribution in [0.4, 0.5) is 0 Å². The molecule has 0 aliphatic carbocycles. The molecule has 0 aromatic carbocycles. The van der Waals surface area contributed by atoms with Crippen molar-refractivity contribution < 1.29 is 37.9 Å². The zero-order chi connectivity index (χ0) is 26.9. The fraction of sp³-hybridized carbons (Fsp3) is 0.407. The Kier molecular flexibility index (Phi) is 19.1. The summed E-state index contributed by atoms with van der Waals surface area (Å²) in [6.07, 6.45) is 9.64. The third-order valence-electron chi connectivity index (χ3n) is 3.72. The van der Waals surface area contributed by atoms with E-state index in [1.54, 1.807) is 0 Å². The van der Waals surface area contributed by atoms with Crippen LogP contribution in [-0.4, -0.2) is 41.0 Å². The first-order valence-electron chi connectivity index (χ1n) is 10.8. The van der Waals surface area contributed by atoms with Gasteiger partial charge in [0, 0.05) is 12.3 Å². The number of phosphoric ester groups is 1. The van der Waals surface area contributed by atoms with Crippen LogP contribution in [0.3, 0.4) is 0 Å². The normalized spacial score (nSPS) is 9.50. The second-order valence-corrected chi connectivity index (χ2v) is 7.90. The molecule has 36 heavy (non-hydrogen) atoms. The number of hydrogen-bond acceptors (Lipinski definition) is 6. The monoisotopic (exact) mass is 508 g/mol. The van der Waals surface area contributed by atoms with Crippen LogP contribution in [0.5, 0.6) is 0 Å². The van der Waals surface area contributed by atoms with Gasteiger partial charge in [0.25, 0.3) is 0 Å². The Labute approximate surface area is 212 Å². The van der Waals surface area contributed by atoms with Crippen LogP contribution in [0, 0.1) is 83.4 Å². The number of ether oxygens (including phenoxy) is 2. The van der Waals surface area contributed by atoms with Gasteiger partial charge >= 0.3 is 19.8 Å². The molecular formula is C27H25O8P. The van der Waals surface area contributed by atoms with E-state index >= 15 is 0 Å². The van der Waals surface area contributed by atoms with Crippen LogP contribution in [0.1, 0.15) is 51.9 Å². The van der Waals surface area contributed by atoms with Gasteiger partial charge in [-0.1, -0.05) is 39.0 Å². The first-order valence-corrected chi connectivity index (χ1v) is 12.3. The fourth-order valence-electron chi connectivity index (χ4n) is 2.20. The number of carbonyl (C=O) groups excluding carboxylic acids is 2. The summed E-state index contributed by atoms with van der Waals surface area (Å²) in [5, 5.41) is 0. The quantitative estimate of drug-likeness (QED) is 0.127. The molecule has 0 aromatic heterocycles. The molecular weight excluding hydrogens is 483 g/mol. The average molecular weight is 508 g/mol. The van der Waals surface area contributed by atoms with Crippen molar-refractivity contribution in [3.63, 3.8) is 0 Å². The molecule has 186 valence electrons. The lowest BCUT2D eigenvalue weighted by Gasteiger charge is -2.17. The zero-order valence-electron chi connectivity index (χ0n) is 19.8. The van der Waals surface area contributed by atoms with Gasteiger partial charge in [-0.25, -0.2) is 9.36 Å². The van der Waals surface area contributed by atoms with E-state index in [-0.39, 0.29) is 6.42 Å². The molecule has 8 nitrogen and oxygen atoms in total. The second-order valence-electron chi connectivity index (χ2n) is 6.66. The lowest BCUT2D eigenvalue weighted by atomic mass is 10.1. The topological polar surface area (TPSA) is 119 Å². The third-order valence-corrected chi connectivity index (χ3v) is 4.21. The average Bonchev–Trinajstić information content (AvgIpc) is 2.83. The molecule has 0 spiro atoms. The molecule has 0 aromatic rings. The summed E-state index contributed by atoms with van der Waals surface area (Å²) in [4.78, 5) is 41.5. The standard InChI is InChI=1S/C27H25O8P/c1-3-5-7-9-11-12-13-14-15-16-18-19-21-26(28)33-23-25(24-34-36(30,31)32)35-27(29)22-20-17-10-8-6-4-2/h1,25H,4,6,8,10,17,20,22-24H2,2H3,(H2,30,31,32)/t25-/m0/s1. The van der Waals surface area contributed by atoms with Crippen molar-refractivity contribution in [3.05, 3.63) is 0 Å². The molecule has 0 bridgehead atoms. The molecule has 0 saturated heterocycles. The summed E-state index contributed by atoms with van der Waals surface area (Å²) >= 11 is 0.